The van der Waals surface area contributed by atoms with Crippen molar-refractivity contribution in [1.82, 2.24) is 0 Å². The van der Waals surface area contributed by atoms with Gasteiger partial charge in [0.05, 0.1) is 0 Å². The summed E-state index contributed by atoms with van der Waals surface area (Å²) in [5, 5.41) is 2.94. The number of nitrogens with two attached hydrogens (primary N) is 1. The summed E-state index contributed by atoms with van der Waals surface area (Å²) < 4.78 is 0. The largest absolute Gasteiger partial charge is 0.399 e. The van der Waals surface area contributed by atoms with Gasteiger partial charge in [0.25, 0.3) is 0 Å². The molecule has 0 spiro atoms. The Balaban J connectivity index is 1.90. The molecule has 0 aliphatic rings. The molecule has 0 saturated carbocycles. The van der Waals surface area contributed by atoms with Gasteiger partial charge in [0.15, 0.2) is 0 Å². The predicted molar refractivity (Wildman–Crippen MR) is 83.7 cm³/mol. The van der Waals surface area contributed by atoms with E-state index in [-0.39, 0.29) is 5.91 Å². The van der Waals surface area contributed by atoms with Crippen LogP contribution in [-0.4, -0.2) is 5.91 Å². The number of amides is 1. The van der Waals surface area contributed by atoms with E-state index in [0.29, 0.717) is 6.42 Å². The molecule has 0 bridgehead atoms. The summed E-state index contributed by atoms with van der Waals surface area (Å²) in [7, 11) is 0. The molecule has 0 aliphatic carbocycles. The number of anilines is 2. The van der Waals surface area contributed by atoms with Gasteiger partial charge >= 0.3 is 0 Å². The highest BCUT2D eigenvalue weighted by molar-refractivity contribution is 5.91. The fourth-order valence-electron chi connectivity index (χ4n) is 2.21. The van der Waals surface area contributed by atoms with E-state index in [1.54, 1.807) is 0 Å². The SMILES string of the molecule is Cc1cc(C)cc(NC(=O)CCc2ccc(N)cc2)c1. The van der Waals surface area contributed by atoms with Crippen LogP contribution >= 0.6 is 0 Å². The summed E-state index contributed by atoms with van der Waals surface area (Å²) in [6, 6.07) is 13.7. The number of hydrogen-bond acceptors (Lipinski definition) is 2. The van der Waals surface area contributed by atoms with Gasteiger partial charge in [-0.2, -0.15) is 0 Å². The fraction of sp³-hybridized carbons (Fsp3) is 0.235. The van der Waals surface area contributed by atoms with Crippen LogP contribution in [0.1, 0.15) is 23.1 Å². The molecule has 3 heteroatoms. The summed E-state index contributed by atoms with van der Waals surface area (Å²) in [6.45, 7) is 4.05. The van der Waals surface area contributed by atoms with E-state index in [9.17, 15) is 4.79 Å². The first-order valence-electron chi connectivity index (χ1n) is 6.75. The highest BCUT2D eigenvalue weighted by Gasteiger charge is 2.04. The molecule has 0 atom stereocenters. The average molecular weight is 268 g/mol. The van der Waals surface area contributed by atoms with Crippen LogP contribution in [0.3, 0.4) is 0 Å². The number of carbonyl (C=O) groups is 1. The maximum absolute atomic E-state index is 11.9. The minimum atomic E-state index is 0.0341. The standard InChI is InChI=1S/C17H20N2O/c1-12-9-13(2)11-16(10-12)19-17(20)8-5-14-3-6-15(18)7-4-14/h3-4,6-7,9-11H,5,8,18H2,1-2H3,(H,19,20). The Morgan fingerprint density at radius 2 is 1.65 bits per heavy atom. The Kier molecular flexibility index (Phi) is 4.41. The Labute approximate surface area is 119 Å². The lowest BCUT2D eigenvalue weighted by Crippen LogP contribution is -2.12. The van der Waals surface area contributed by atoms with Crippen LogP contribution in [0.4, 0.5) is 11.4 Å². The fourth-order valence-corrected chi connectivity index (χ4v) is 2.21. The van der Waals surface area contributed by atoms with E-state index in [1.807, 2.05) is 50.2 Å². The quantitative estimate of drug-likeness (QED) is 0.834. The van der Waals surface area contributed by atoms with Crippen molar-refractivity contribution >= 4 is 17.3 Å². The summed E-state index contributed by atoms with van der Waals surface area (Å²) >= 11 is 0. The van der Waals surface area contributed by atoms with Gasteiger partial charge in [0.1, 0.15) is 0 Å². The monoisotopic (exact) mass is 268 g/mol. The third-order valence-electron chi connectivity index (χ3n) is 3.13. The first-order valence-corrected chi connectivity index (χ1v) is 6.75. The van der Waals surface area contributed by atoms with Crippen molar-refractivity contribution in [3.05, 3.63) is 59.2 Å². The van der Waals surface area contributed by atoms with Gasteiger partial charge in [-0.05, 0) is 61.2 Å². The second kappa shape index (κ2) is 6.24. The van der Waals surface area contributed by atoms with Gasteiger partial charge in [0, 0.05) is 17.8 Å². The van der Waals surface area contributed by atoms with E-state index in [0.717, 1.165) is 34.5 Å². The lowest BCUT2D eigenvalue weighted by Gasteiger charge is -2.08. The van der Waals surface area contributed by atoms with Crippen molar-refractivity contribution in [1.29, 1.82) is 0 Å². The molecule has 0 aromatic heterocycles. The van der Waals surface area contributed by atoms with Gasteiger partial charge in [0.2, 0.25) is 5.91 Å². The molecule has 1 amide bonds. The average Bonchev–Trinajstić information content (AvgIpc) is 2.37. The molecule has 0 saturated heterocycles. The van der Waals surface area contributed by atoms with Crippen molar-refractivity contribution in [3.63, 3.8) is 0 Å². The summed E-state index contributed by atoms with van der Waals surface area (Å²) in [4.78, 5) is 11.9. The zero-order chi connectivity index (χ0) is 14.5. The van der Waals surface area contributed by atoms with E-state index < -0.39 is 0 Å². The van der Waals surface area contributed by atoms with Gasteiger partial charge < -0.3 is 11.1 Å². The Bertz CT molecular complexity index is 583. The third kappa shape index (κ3) is 4.12. The number of benzene rings is 2. The maximum atomic E-state index is 11.9. The summed E-state index contributed by atoms with van der Waals surface area (Å²) in [5.74, 6) is 0.0341. The molecule has 2 aromatic rings. The molecule has 0 aliphatic heterocycles. The van der Waals surface area contributed by atoms with Crippen LogP contribution in [-0.2, 0) is 11.2 Å². The number of nitrogens with one attached hydrogen (secondary N) is 1. The van der Waals surface area contributed by atoms with Crippen molar-refractivity contribution in [2.45, 2.75) is 26.7 Å². The minimum Gasteiger partial charge on any atom is -0.399 e. The molecule has 104 valence electrons. The smallest absolute Gasteiger partial charge is 0.224 e. The second-order valence-electron chi connectivity index (χ2n) is 5.17. The minimum absolute atomic E-state index is 0.0341. The lowest BCUT2D eigenvalue weighted by atomic mass is 10.1. The Morgan fingerprint density at radius 3 is 2.25 bits per heavy atom. The van der Waals surface area contributed by atoms with E-state index >= 15 is 0 Å². The van der Waals surface area contributed by atoms with Crippen LogP contribution in [0.25, 0.3) is 0 Å². The summed E-state index contributed by atoms with van der Waals surface area (Å²) in [6.07, 6.45) is 1.19. The lowest BCUT2D eigenvalue weighted by molar-refractivity contribution is -0.116. The molecule has 2 rings (SSSR count). The topological polar surface area (TPSA) is 55.1 Å². The Morgan fingerprint density at radius 1 is 1.05 bits per heavy atom. The Hall–Kier alpha value is -2.29. The van der Waals surface area contributed by atoms with Crippen molar-refractivity contribution < 1.29 is 4.79 Å². The summed E-state index contributed by atoms with van der Waals surface area (Å²) in [5.41, 5.74) is 10.7. The van der Waals surface area contributed by atoms with Gasteiger partial charge in [-0.3, -0.25) is 4.79 Å². The molecular formula is C17H20N2O. The molecule has 20 heavy (non-hydrogen) atoms. The van der Waals surface area contributed by atoms with Gasteiger partial charge in [-0.1, -0.05) is 18.2 Å². The molecular weight excluding hydrogens is 248 g/mol. The number of hydrogen-bond donors (Lipinski definition) is 2. The molecule has 3 N–H and O–H groups in total. The predicted octanol–water partition coefficient (Wildman–Crippen LogP) is 3.46. The van der Waals surface area contributed by atoms with Crippen LogP contribution in [0, 0.1) is 13.8 Å². The van der Waals surface area contributed by atoms with Crippen LogP contribution in [0.2, 0.25) is 0 Å². The van der Waals surface area contributed by atoms with E-state index in [2.05, 4.69) is 11.4 Å². The first kappa shape index (κ1) is 14.1. The van der Waals surface area contributed by atoms with Gasteiger partial charge in [-0.15, -0.1) is 0 Å². The molecule has 0 fully saturated rings. The second-order valence-corrected chi connectivity index (χ2v) is 5.17. The molecule has 0 radical (unpaired) electrons. The number of nitrogen functional groups attached to an aromatic ring is 1. The number of carbonyl (C=O) groups excluding carboxylic acids is 1. The van der Waals surface area contributed by atoms with E-state index in [1.165, 1.54) is 0 Å². The van der Waals surface area contributed by atoms with Crippen LogP contribution in [0.15, 0.2) is 42.5 Å². The maximum Gasteiger partial charge on any atom is 0.224 e. The molecule has 0 heterocycles. The van der Waals surface area contributed by atoms with Crippen molar-refractivity contribution in [2.24, 2.45) is 0 Å². The highest BCUT2D eigenvalue weighted by atomic mass is 16.1. The number of rotatable bonds is 4. The first-order chi connectivity index (χ1) is 9.52. The number of aryl methyl sites for hydroxylation is 3. The zero-order valence-electron chi connectivity index (χ0n) is 11.9. The molecule has 3 nitrogen and oxygen atoms in total. The molecule has 0 unspecified atom stereocenters. The normalized spacial score (nSPS) is 10.3. The van der Waals surface area contributed by atoms with Gasteiger partial charge in [-0.25, -0.2) is 0 Å². The van der Waals surface area contributed by atoms with Crippen molar-refractivity contribution in [2.75, 3.05) is 11.1 Å². The molecule has 2 aromatic carbocycles. The third-order valence-corrected chi connectivity index (χ3v) is 3.13. The highest BCUT2D eigenvalue weighted by Crippen LogP contribution is 2.14. The van der Waals surface area contributed by atoms with Crippen LogP contribution in [0.5, 0.6) is 0 Å². The van der Waals surface area contributed by atoms with Crippen molar-refractivity contribution in [3.8, 4) is 0 Å². The van der Waals surface area contributed by atoms with E-state index in [4.69, 9.17) is 5.73 Å². The van der Waals surface area contributed by atoms with Crippen LogP contribution < -0.4 is 11.1 Å². The zero-order valence-corrected chi connectivity index (χ0v) is 11.9.